The zero-order valence-electron chi connectivity index (χ0n) is 9.97. The second-order valence-electron chi connectivity index (χ2n) is 5.00. The molecule has 1 aliphatic heterocycles. The third kappa shape index (κ3) is 3.23. The van der Waals surface area contributed by atoms with Gasteiger partial charge in [-0.2, -0.15) is 5.06 Å². The highest BCUT2D eigenvalue weighted by molar-refractivity contribution is 4.83. The van der Waals surface area contributed by atoms with Crippen LogP contribution < -0.4 is 5.32 Å². The van der Waals surface area contributed by atoms with Crippen molar-refractivity contribution in [2.75, 3.05) is 33.8 Å². The van der Waals surface area contributed by atoms with Crippen molar-refractivity contribution in [2.24, 2.45) is 11.3 Å². The summed E-state index contributed by atoms with van der Waals surface area (Å²) in [5, 5.41) is 5.40. The molecule has 1 fully saturated rings. The molecule has 1 rings (SSSR count). The normalized spacial score (nSPS) is 24.2. The Hall–Kier alpha value is -0.120. The number of rotatable bonds is 4. The Bertz CT molecular complexity index is 165. The number of piperidine rings is 1. The second-order valence-corrected chi connectivity index (χ2v) is 5.00. The average molecular weight is 200 g/mol. The fraction of sp³-hybridized carbons (Fsp3) is 1.00. The van der Waals surface area contributed by atoms with Crippen molar-refractivity contribution in [3.63, 3.8) is 0 Å². The lowest BCUT2D eigenvalue weighted by Gasteiger charge is -2.39. The van der Waals surface area contributed by atoms with Gasteiger partial charge in [0.15, 0.2) is 0 Å². The van der Waals surface area contributed by atoms with Gasteiger partial charge in [0.25, 0.3) is 0 Å². The largest absolute Gasteiger partial charge is 0.316 e. The fourth-order valence-corrected chi connectivity index (χ4v) is 2.29. The SMILES string of the molecule is CON(C)CC(C)(C)C1CCCNC1. The summed E-state index contributed by atoms with van der Waals surface area (Å²) >= 11 is 0. The van der Waals surface area contributed by atoms with E-state index in [1.54, 1.807) is 7.11 Å². The van der Waals surface area contributed by atoms with Gasteiger partial charge in [0, 0.05) is 13.6 Å². The number of nitrogens with one attached hydrogen (secondary N) is 1. The van der Waals surface area contributed by atoms with Crippen molar-refractivity contribution in [1.82, 2.24) is 10.4 Å². The van der Waals surface area contributed by atoms with Gasteiger partial charge in [0.1, 0.15) is 0 Å². The summed E-state index contributed by atoms with van der Waals surface area (Å²) in [4.78, 5) is 5.19. The van der Waals surface area contributed by atoms with Gasteiger partial charge in [-0.15, -0.1) is 0 Å². The predicted octanol–water partition coefficient (Wildman–Crippen LogP) is 1.51. The Morgan fingerprint density at radius 1 is 1.50 bits per heavy atom. The Labute approximate surface area is 87.8 Å². The molecule has 84 valence electrons. The lowest BCUT2D eigenvalue weighted by molar-refractivity contribution is -0.135. The van der Waals surface area contributed by atoms with Crippen LogP contribution in [0.25, 0.3) is 0 Å². The standard InChI is InChI=1S/C11H24N2O/c1-11(2,9-13(3)14-4)10-6-5-7-12-8-10/h10,12H,5-9H2,1-4H3. The Morgan fingerprint density at radius 3 is 2.71 bits per heavy atom. The molecule has 1 aliphatic rings. The molecular formula is C11H24N2O. The summed E-state index contributed by atoms with van der Waals surface area (Å²) in [5.74, 6) is 0.772. The van der Waals surface area contributed by atoms with E-state index >= 15 is 0 Å². The van der Waals surface area contributed by atoms with Crippen LogP contribution in [0, 0.1) is 11.3 Å². The summed E-state index contributed by atoms with van der Waals surface area (Å²) < 4.78 is 0. The van der Waals surface area contributed by atoms with Gasteiger partial charge in [0.2, 0.25) is 0 Å². The summed E-state index contributed by atoms with van der Waals surface area (Å²) in [6, 6.07) is 0. The second kappa shape index (κ2) is 5.10. The molecule has 0 aromatic rings. The molecule has 1 atom stereocenters. The molecule has 1 heterocycles. The molecule has 14 heavy (non-hydrogen) atoms. The van der Waals surface area contributed by atoms with Gasteiger partial charge in [-0.25, -0.2) is 0 Å². The van der Waals surface area contributed by atoms with E-state index < -0.39 is 0 Å². The predicted molar refractivity (Wildman–Crippen MR) is 59.0 cm³/mol. The number of hydroxylamine groups is 2. The minimum absolute atomic E-state index is 0.332. The maximum absolute atomic E-state index is 5.19. The quantitative estimate of drug-likeness (QED) is 0.696. The number of nitrogens with zero attached hydrogens (tertiary/aromatic N) is 1. The monoisotopic (exact) mass is 200 g/mol. The first kappa shape index (κ1) is 12.0. The Kier molecular flexibility index (Phi) is 4.35. The Morgan fingerprint density at radius 2 is 2.21 bits per heavy atom. The fourth-order valence-electron chi connectivity index (χ4n) is 2.29. The number of hydrogen-bond acceptors (Lipinski definition) is 3. The van der Waals surface area contributed by atoms with Crippen LogP contribution >= 0.6 is 0 Å². The van der Waals surface area contributed by atoms with E-state index in [4.69, 9.17) is 4.84 Å². The van der Waals surface area contributed by atoms with Crippen LogP contribution in [0.4, 0.5) is 0 Å². The molecule has 0 aliphatic carbocycles. The highest BCUT2D eigenvalue weighted by atomic mass is 16.7. The minimum Gasteiger partial charge on any atom is -0.316 e. The first-order valence-corrected chi connectivity index (χ1v) is 5.52. The van der Waals surface area contributed by atoms with Crippen molar-refractivity contribution in [3.8, 4) is 0 Å². The summed E-state index contributed by atoms with van der Waals surface area (Å²) in [6.45, 7) is 8.01. The molecule has 3 heteroatoms. The molecule has 3 nitrogen and oxygen atoms in total. The van der Waals surface area contributed by atoms with E-state index in [2.05, 4.69) is 19.2 Å². The smallest absolute Gasteiger partial charge is 0.0575 e. The molecule has 0 bridgehead atoms. The average Bonchev–Trinajstić information content (AvgIpc) is 2.18. The van der Waals surface area contributed by atoms with Gasteiger partial charge in [-0.1, -0.05) is 13.8 Å². The molecule has 1 N–H and O–H groups in total. The van der Waals surface area contributed by atoms with Gasteiger partial charge < -0.3 is 10.2 Å². The molecule has 0 saturated carbocycles. The molecular weight excluding hydrogens is 176 g/mol. The lowest BCUT2D eigenvalue weighted by Crippen LogP contribution is -2.43. The third-order valence-electron chi connectivity index (χ3n) is 3.34. The Balaban J connectivity index is 2.45. The van der Waals surface area contributed by atoms with E-state index in [1.807, 2.05) is 12.1 Å². The van der Waals surface area contributed by atoms with Gasteiger partial charge >= 0.3 is 0 Å². The van der Waals surface area contributed by atoms with Gasteiger partial charge in [-0.05, 0) is 37.3 Å². The van der Waals surface area contributed by atoms with E-state index in [-0.39, 0.29) is 0 Å². The molecule has 0 aromatic heterocycles. The molecule has 0 amide bonds. The maximum atomic E-state index is 5.19. The van der Waals surface area contributed by atoms with E-state index in [0.29, 0.717) is 5.41 Å². The molecule has 0 radical (unpaired) electrons. The van der Waals surface area contributed by atoms with Crippen molar-refractivity contribution in [2.45, 2.75) is 26.7 Å². The van der Waals surface area contributed by atoms with Crippen LogP contribution in [0.15, 0.2) is 0 Å². The molecule has 0 aromatic carbocycles. The van der Waals surface area contributed by atoms with Crippen LogP contribution in [-0.2, 0) is 4.84 Å². The van der Waals surface area contributed by atoms with E-state index in [0.717, 1.165) is 19.0 Å². The van der Waals surface area contributed by atoms with E-state index in [1.165, 1.54) is 19.4 Å². The topological polar surface area (TPSA) is 24.5 Å². The van der Waals surface area contributed by atoms with E-state index in [9.17, 15) is 0 Å². The van der Waals surface area contributed by atoms with Crippen LogP contribution in [-0.4, -0.2) is 38.9 Å². The third-order valence-corrected chi connectivity index (χ3v) is 3.34. The van der Waals surface area contributed by atoms with Crippen LogP contribution in [0.2, 0.25) is 0 Å². The van der Waals surface area contributed by atoms with Crippen molar-refractivity contribution >= 4 is 0 Å². The zero-order valence-corrected chi connectivity index (χ0v) is 9.97. The molecule has 1 unspecified atom stereocenters. The lowest BCUT2D eigenvalue weighted by atomic mass is 9.75. The summed E-state index contributed by atoms with van der Waals surface area (Å²) in [5.41, 5.74) is 0.332. The van der Waals surface area contributed by atoms with Crippen LogP contribution in [0.1, 0.15) is 26.7 Å². The number of hydrogen-bond donors (Lipinski definition) is 1. The van der Waals surface area contributed by atoms with Crippen molar-refractivity contribution in [3.05, 3.63) is 0 Å². The van der Waals surface area contributed by atoms with Crippen molar-refractivity contribution < 1.29 is 4.84 Å². The van der Waals surface area contributed by atoms with Crippen LogP contribution in [0.5, 0.6) is 0 Å². The first-order valence-electron chi connectivity index (χ1n) is 5.52. The van der Waals surface area contributed by atoms with Gasteiger partial charge in [-0.3, -0.25) is 0 Å². The maximum Gasteiger partial charge on any atom is 0.0575 e. The van der Waals surface area contributed by atoms with Crippen molar-refractivity contribution in [1.29, 1.82) is 0 Å². The highest BCUT2D eigenvalue weighted by Gasteiger charge is 2.31. The molecule has 1 saturated heterocycles. The minimum atomic E-state index is 0.332. The highest BCUT2D eigenvalue weighted by Crippen LogP contribution is 2.32. The zero-order chi connectivity index (χ0) is 10.6. The summed E-state index contributed by atoms with van der Waals surface area (Å²) in [7, 11) is 3.73. The molecule has 0 spiro atoms. The summed E-state index contributed by atoms with van der Waals surface area (Å²) in [6.07, 6.45) is 2.66. The first-order chi connectivity index (χ1) is 6.56. The van der Waals surface area contributed by atoms with Gasteiger partial charge in [0.05, 0.1) is 7.11 Å². The van der Waals surface area contributed by atoms with Crippen LogP contribution in [0.3, 0.4) is 0 Å².